The van der Waals surface area contributed by atoms with Crippen LogP contribution in [0.3, 0.4) is 0 Å². The van der Waals surface area contributed by atoms with Gasteiger partial charge in [0, 0.05) is 30.8 Å². The number of thioether (sulfide) groups is 1. The summed E-state index contributed by atoms with van der Waals surface area (Å²) in [6.07, 6.45) is 0. The van der Waals surface area contributed by atoms with E-state index < -0.39 is 0 Å². The molecule has 1 aliphatic heterocycles. The number of fused-ring (bicyclic) bond motifs is 3. The number of carbonyl (C=O) groups is 1. The van der Waals surface area contributed by atoms with E-state index in [-0.39, 0.29) is 11.7 Å². The topological polar surface area (TPSA) is 60.4 Å². The zero-order valence-electron chi connectivity index (χ0n) is 14.0. The Hall–Kier alpha value is -1.79. The average molecular weight is 331 g/mol. The molecule has 0 fully saturated rings. The molecule has 0 radical (unpaired) electrons. The number of guanidine groups is 1. The molecule has 1 aromatic heterocycles. The number of ketones is 1. The summed E-state index contributed by atoms with van der Waals surface area (Å²) in [5, 5.41) is 2.13. The van der Waals surface area contributed by atoms with Crippen LogP contribution in [0.15, 0.2) is 34.3 Å². The normalized spacial score (nSPS) is 19.2. The van der Waals surface area contributed by atoms with E-state index in [0.29, 0.717) is 17.0 Å². The van der Waals surface area contributed by atoms with E-state index in [1.165, 1.54) is 0 Å². The molecular weight excluding hydrogens is 308 g/mol. The number of rotatable bonds is 2. The molecule has 0 saturated carbocycles. The van der Waals surface area contributed by atoms with E-state index in [0.717, 1.165) is 27.2 Å². The van der Waals surface area contributed by atoms with Gasteiger partial charge in [-0.3, -0.25) is 9.28 Å². The van der Waals surface area contributed by atoms with Crippen molar-refractivity contribution in [1.82, 2.24) is 4.57 Å². The number of benzene rings is 1. The number of nitrogens with two attached hydrogens (primary N) is 1. The first kappa shape index (κ1) is 16.1. The molecule has 122 valence electrons. The number of quaternary nitrogens is 1. The summed E-state index contributed by atoms with van der Waals surface area (Å²) >= 11 is 1.76. The standard InChI is InChI=1S/C17H23N4OS/c1-19-17(18)21(3,4)9-11-10-23-16-14(15(11)22)12-7-5-6-8-13(12)20(16)2/h5-8,11H,9-10H2,1-4H3,(H2,18,19)/q+1. The number of hydrogen-bond acceptors (Lipinski definition) is 3. The molecule has 23 heavy (non-hydrogen) atoms. The molecule has 2 heterocycles. The maximum absolute atomic E-state index is 13.1. The average Bonchev–Trinajstić information content (AvgIpc) is 2.83. The monoisotopic (exact) mass is 331 g/mol. The molecule has 0 bridgehead atoms. The first-order valence-corrected chi connectivity index (χ1v) is 8.65. The minimum atomic E-state index is -0.0476. The lowest BCUT2D eigenvalue weighted by molar-refractivity contribution is -0.803. The first-order valence-electron chi connectivity index (χ1n) is 7.67. The van der Waals surface area contributed by atoms with Crippen LogP contribution in [0.1, 0.15) is 10.4 Å². The van der Waals surface area contributed by atoms with Crippen molar-refractivity contribution in [3.8, 4) is 0 Å². The van der Waals surface area contributed by atoms with Crippen LogP contribution in [-0.4, -0.2) is 54.2 Å². The molecule has 0 spiro atoms. The molecule has 2 aromatic rings. The van der Waals surface area contributed by atoms with Crippen LogP contribution in [0.2, 0.25) is 0 Å². The van der Waals surface area contributed by atoms with Crippen LogP contribution in [-0.2, 0) is 7.05 Å². The predicted octanol–water partition coefficient (Wildman–Crippen LogP) is 2.10. The second-order valence-corrected chi connectivity index (χ2v) is 7.59. The summed E-state index contributed by atoms with van der Waals surface area (Å²) in [4.78, 5) is 17.2. The Balaban J connectivity index is 2.00. The SMILES string of the molecule is CN=C(N)[N+](C)(C)CC1CSc2c(c3ccccc3n2C)C1=O. The molecule has 1 aliphatic rings. The number of hydrogen-bond donors (Lipinski definition) is 1. The zero-order valence-corrected chi connectivity index (χ0v) is 14.9. The smallest absolute Gasteiger partial charge is 0.294 e. The second-order valence-electron chi connectivity index (χ2n) is 6.58. The fourth-order valence-electron chi connectivity index (χ4n) is 3.29. The van der Waals surface area contributed by atoms with Crippen molar-refractivity contribution in [2.45, 2.75) is 5.03 Å². The second kappa shape index (κ2) is 5.69. The number of carbonyl (C=O) groups excluding carboxylic acids is 1. The van der Waals surface area contributed by atoms with E-state index in [1.807, 2.05) is 39.3 Å². The van der Waals surface area contributed by atoms with Crippen LogP contribution in [0.4, 0.5) is 0 Å². The highest BCUT2D eigenvalue weighted by Gasteiger charge is 2.37. The minimum Gasteiger partial charge on any atom is -0.338 e. The van der Waals surface area contributed by atoms with Crippen molar-refractivity contribution in [3.05, 3.63) is 29.8 Å². The minimum absolute atomic E-state index is 0.0476. The zero-order chi connectivity index (χ0) is 16.8. The van der Waals surface area contributed by atoms with Gasteiger partial charge < -0.3 is 10.3 Å². The Bertz CT molecular complexity index is 806. The summed E-state index contributed by atoms with van der Waals surface area (Å²) in [5.74, 6) is 1.51. The van der Waals surface area contributed by atoms with Crippen molar-refractivity contribution >= 4 is 34.4 Å². The largest absolute Gasteiger partial charge is 0.338 e. The fourth-order valence-corrected chi connectivity index (χ4v) is 4.55. The fraction of sp³-hybridized carbons (Fsp3) is 0.412. The van der Waals surface area contributed by atoms with Gasteiger partial charge in [0.05, 0.1) is 37.1 Å². The Morgan fingerprint density at radius 3 is 2.83 bits per heavy atom. The number of aryl methyl sites for hydroxylation is 1. The van der Waals surface area contributed by atoms with Crippen molar-refractivity contribution in [2.24, 2.45) is 23.7 Å². The summed E-state index contributed by atoms with van der Waals surface area (Å²) in [7, 11) is 7.72. The third-order valence-electron chi connectivity index (χ3n) is 4.62. The molecule has 5 nitrogen and oxygen atoms in total. The number of nitrogens with zero attached hydrogens (tertiary/aromatic N) is 3. The molecule has 2 N–H and O–H groups in total. The maximum Gasteiger partial charge on any atom is 0.294 e. The van der Waals surface area contributed by atoms with Gasteiger partial charge in [0.25, 0.3) is 5.96 Å². The molecule has 1 aromatic carbocycles. The number of para-hydroxylation sites is 1. The molecule has 0 amide bonds. The molecule has 0 saturated heterocycles. The van der Waals surface area contributed by atoms with Crippen LogP contribution >= 0.6 is 11.8 Å². The number of Topliss-reactive ketones (excluding diaryl/α,β-unsaturated/α-hetero) is 1. The van der Waals surface area contributed by atoms with Gasteiger partial charge in [-0.15, -0.1) is 11.8 Å². The molecule has 6 heteroatoms. The van der Waals surface area contributed by atoms with E-state index in [4.69, 9.17) is 5.73 Å². The molecule has 1 atom stereocenters. The van der Waals surface area contributed by atoms with Crippen LogP contribution < -0.4 is 5.73 Å². The highest BCUT2D eigenvalue weighted by Crippen LogP contribution is 2.39. The lowest BCUT2D eigenvalue weighted by Gasteiger charge is -2.32. The Morgan fingerprint density at radius 2 is 2.13 bits per heavy atom. The maximum atomic E-state index is 13.1. The predicted molar refractivity (Wildman–Crippen MR) is 96.0 cm³/mol. The van der Waals surface area contributed by atoms with Crippen molar-refractivity contribution in [1.29, 1.82) is 0 Å². The van der Waals surface area contributed by atoms with Crippen molar-refractivity contribution in [2.75, 3.05) is 33.4 Å². The molecule has 3 rings (SSSR count). The van der Waals surface area contributed by atoms with Crippen molar-refractivity contribution < 1.29 is 9.28 Å². The third kappa shape index (κ3) is 2.56. The van der Waals surface area contributed by atoms with Crippen LogP contribution in [0, 0.1) is 5.92 Å². The number of aromatic nitrogens is 1. The van der Waals surface area contributed by atoms with Crippen molar-refractivity contribution in [3.63, 3.8) is 0 Å². The number of aliphatic imine (C=N–C) groups is 1. The van der Waals surface area contributed by atoms with Gasteiger partial charge >= 0.3 is 0 Å². The van der Waals surface area contributed by atoms with Gasteiger partial charge in [0.1, 0.15) is 0 Å². The molecule has 1 unspecified atom stereocenters. The van der Waals surface area contributed by atoms with E-state index in [2.05, 4.69) is 15.6 Å². The van der Waals surface area contributed by atoms with Gasteiger partial charge in [-0.25, -0.2) is 4.99 Å². The molecule has 0 aliphatic carbocycles. The van der Waals surface area contributed by atoms with Gasteiger partial charge in [0.2, 0.25) is 0 Å². The summed E-state index contributed by atoms with van der Waals surface area (Å²) in [6, 6.07) is 8.11. The van der Waals surface area contributed by atoms with E-state index >= 15 is 0 Å². The molecular formula is C17H23N4OS+. The highest BCUT2D eigenvalue weighted by molar-refractivity contribution is 7.99. The highest BCUT2D eigenvalue weighted by atomic mass is 32.2. The van der Waals surface area contributed by atoms with Gasteiger partial charge in [0.15, 0.2) is 5.78 Å². The summed E-state index contributed by atoms with van der Waals surface area (Å²) in [5.41, 5.74) is 7.99. The lowest BCUT2D eigenvalue weighted by atomic mass is 9.97. The quantitative estimate of drug-likeness (QED) is 0.521. The summed E-state index contributed by atoms with van der Waals surface area (Å²) in [6.45, 7) is 0.664. The Morgan fingerprint density at radius 1 is 1.43 bits per heavy atom. The van der Waals surface area contributed by atoms with Crippen LogP contribution in [0.25, 0.3) is 10.9 Å². The Labute approximate surface area is 140 Å². The lowest BCUT2D eigenvalue weighted by Crippen LogP contribution is -2.54. The Kier molecular flexibility index (Phi) is 3.98. The first-order chi connectivity index (χ1) is 10.9. The van der Waals surface area contributed by atoms with E-state index in [1.54, 1.807) is 18.8 Å². The van der Waals surface area contributed by atoms with Gasteiger partial charge in [-0.1, -0.05) is 18.2 Å². The summed E-state index contributed by atoms with van der Waals surface area (Å²) < 4.78 is 2.57. The third-order valence-corrected chi connectivity index (χ3v) is 5.94. The van der Waals surface area contributed by atoms with Crippen LogP contribution in [0.5, 0.6) is 0 Å². The van der Waals surface area contributed by atoms with E-state index in [9.17, 15) is 4.79 Å². The van der Waals surface area contributed by atoms with Gasteiger partial charge in [-0.05, 0) is 6.07 Å². The van der Waals surface area contributed by atoms with Gasteiger partial charge in [-0.2, -0.15) is 0 Å².